The zero-order valence-corrected chi connectivity index (χ0v) is 21.1. The smallest absolute Gasteiger partial charge is 0.163 e. The third-order valence-corrected chi connectivity index (χ3v) is 6.77. The van der Waals surface area contributed by atoms with Gasteiger partial charge in [0.05, 0.1) is 37.7 Å². The van der Waals surface area contributed by atoms with E-state index in [1.165, 1.54) is 0 Å². The lowest BCUT2D eigenvalue weighted by Gasteiger charge is -2.30. The van der Waals surface area contributed by atoms with Gasteiger partial charge >= 0.3 is 0 Å². The Morgan fingerprint density at radius 1 is 0.833 bits per heavy atom. The molecule has 1 aliphatic heterocycles. The average molecular weight is 485 g/mol. The van der Waals surface area contributed by atoms with Crippen molar-refractivity contribution in [2.75, 3.05) is 24.9 Å². The molecule has 0 radical (unpaired) electrons. The van der Waals surface area contributed by atoms with Gasteiger partial charge in [0.1, 0.15) is 5.75 Å². The van der Waals surface area contributed by atoms with E-state index >= 15 is 0 Å². The molecule has 3 aromatic carbocycles. The maximum Gasteiger partial charge on any atom is 0.163 e. The Balaban J connectivity index is 1.54. The Bertz CT molecular complexity index is 1300. The molecule has 2 aliphatic rings. The van der Waals surface area contributed by atoms with Gasteiger partial charge in [-0.15, -0.1) is 0 Å². The number of rotatable bonds is 6. The number of anilines is 2. The number of ether oxygens (including phenoxy) is 3. The highest BCUT2D eigenvalue weighted by Crippen LogP contribution is 2.45. The number of carbonyl (C=O) groups is 1. The highest BCUT2D eigenvalue weighted by Gasteiger charge is 2.36. The van der Waals surface area contributed by atoms with Crippen LogP contribution in [0, 0.1) is 0 Å². The number of hydrogen-bond donors (Lipinski definition) is 2. The van der Waals surface area contributed by atoms with Crippen LogP contribution in [0.1, 0.15) is 49.8 Å². The molecule has 6 nitrogen and oxygen atoms in total. The maximum absolute atomic E-state index is 13.8. The van der Waals surface area contributed by atoms with Crippen molar-refractivity contribution in [3.63, 3.8) is 0 Å². The summed E-state index contributed by atoms with van der Waals surface area (Å²) in [6.45, 7) is 4.02. The zero-order valence-electron chi connectivity index (χ0n) is 21.1. The number of ketones is 1. The van der Waals surface area contributed by atoms with Gasteiger partial charge in [-0.1, -0.05) is 30.3 Å². The molecule has 36 heavy (non-hydrogen) atoms. The van der Waals surface area contributed by atoms with Gasteiger partial charge in [0.2, 0.25) is 0 Å². The van der Waals surface area contributed by atoms with Crippen molar-refractivity contribution in [1.29, 1.82) is 0 Å². The van der Waals surface area contributed by atoms with Gasteiger partial charge in [-0.2, -0.15) is 0 Å². The zero-order chi connectivity index (χ0) is 25.2. The normalized spacial score (nSPS) is 19.0. The Labute approximate surface area is 212 Å². The number of hydrogen-bond acceptors (Lipinski definition) is 6. The predicted molar refractivity (Wildman–Crippen MR) is 142 cm³/mol. The summed E-state index contributed by atoms with van der Waals surface area (Å²) in [6.07, 6.45) is 1.25. The van der Waals surface area contributed by atoms with Crippen LogP contribution in [0.2, 0.25) is 0 Å². The van der Waals surface area contributed by atoms with Crippen LogP contribution in [-0.2, 0) is 4.79 Å². The van der Waals surface area contributed by atoms with Crippen molar-refractivity contribution >= 4 is 17.2 Å². The van der Waals surface area contributed by atoms with Crippen molar-refractivity contribution in [1.82, 2.24) is 0 Å². The first kappa shape index (κ1) is 23.8. The van der Waals surface area contributed by atoms with Crippen LogP contribution in [-0.4, -0.2) is 26.1 Å². The lowest BCUT2D eigenvalue weighted by molar-refractivity contribution is -0.116. The van der Waals surface area contributed by atoms with Gasteiger partial charge < -0.3 is 24.8 Å². The third kappa shape index (κ3) is 4.63. The second kappa shape index (κ2) is 9.97. The molecule has 0 bridgehead atoms. The van der Waals surface area contributed by atoms with Gasteiger partial charge in [-0.3, -0.25) is 4.79 Å². The largest absolute Gasteiger partial charge is 0.493 e. The van der Waals surface area contributed by atoms with Gasteiger partial charge in [-0.25, -0.2) is 0 Å². The number of fused-ring (bicyclic) bond motifs is 1. The van der Waals surface area contributed by atoms with E-state index in [1.807, 2.05) is 80.6 Å². The van der Waals surface area contributed by atoms with E-state index in [0.717, 1.165) is 45.9 Å². The first-order chi connectivity index (χ1) is 17.5. The standard InChI is InChI=1S/C30H32N2O4/c1-18(2)36-22-12-9-19(10-13-22)30-29-25(31-23-7-5-6-8-24(23)32-30)15-21(16-26(29)33)20-11-14-27(34-3)28(17-20)35-4/h5-14,17-18,21,30-32H,15-16H2,1-4H3. The van der Waals surface area contributed by atoms with Crippen LogP contribution in [0.25, 0.3) is 0 Å². The fraction of sp³-hybridized carbons (Fsp3) is 0.300. The molecule has 0 fully saturated rings. The number of allylic oxidation sites excluding steroid dienone is 1. The van der Waals surface area contributed by atoms with Crippen molar-refractivity contribution in [3.8, 4) is 17.2 Å². The number of methoxy groups -OCH3 is 2. The van der Waals surface area contributed by atoms with Crippen LogP contribution < -0.4 is 24.8 Å². The minimum atomic E-state index is -0.261. The van der Waals surface area contributed by atoms with Crippen LogP contribution in [0.5, 0.6) is 17.2 Å². The minimum Gasteiger partial charge on any atom is -0.493 e. The molecule has 0 saturated heterocycles. The predicted octanol–water partition coefficient (Wildman–Crippen LogP) is 6.47. The van der Waals surface area contributed by atoms with E-state index in [1.54, 1.807) is 14.2 Å². The number of Topliss-reactive ketones (excluding diaryl/α,β-unsaturated/α-hetero) is 1. The van der Waals surface area contributed by atoms with E-state index in [-0.39, 0.29) is 23.8 Å². The molecule has 1 aliphatic carbocycles. The summed E-state index contributed by atoms with van der Waals surface area (Å²) in [4.78, 5) is 13.8. The summed E-state index contributed by atoms with van der Waals surface area (Å²) < 4.78 is 16.8. The Kier molecular flexibility index (Phi) is 6.59. The molecule has 0 saturated carbocycles. The van der Waals surface area contributed by atoms with Crippen molar-refractivity contribution in [2.45, 2.75) is 44.8 Å². The molecule has 2 unspecified atom stereocenters. The van der Waals surface area contributed by atoms with E-state index < -0.39 is 0 Å². The fourth-order valence-electron chi connectivity index (χ4n) is 5.10. The Morgan fingerprint density at radius 2 is 1.53 bits per heavy atom. The van der Waals surface area contributed by atoms with Crippen LogP contribution >= 0.6 is 0 Å². The molecule has 1 heterocycles. The molecule has 2 N–H and O–H groups in total. The van der Waals surface area contributed by atoms with Crippen LogP contribution in [0.15, 0.2) is 78.0 Å². The quantitative estimate of drug-likeness (QED) is 0.418. The minimum absolute atomic E-state index is 0.0382. The number of benzene rings is 3. The second-order valence-electron chi connectivity index (χ2n) is 9.52. The van der Waals surface area contributed by atoms with E-state index in [4.69, 9.17) is 14.2 Å². The summed E-state index contributed by atoms with van der Waals surface area (Å²) in [7, 11) is 3.26. The molecular formula is C30H32N2O4. The van der Waals surface area contributed by atoms with Crippen LogP contribution in [0.4, 0.5) is 11.4 Å². The molecule has 0 amide bonds. The highest BCUT2D eigenvalue weighted by atomic mass is 16.5. The summed E-state index contributed by atoms with van der Waals surface area (Å²) in [5, 5.41) is 7.23. The Hall–Kier alpha value is -3.93. The molecule has 2 atom stereocenters. The fourth-order valence-corrected chi connectivity index (χ4v) is 5.10. The molecule has 5 rings (SSSR count). The highest BCUT2D eigenvalue weighted by molar-refractivity contribution is 6.01. The number of carbonyl (C=O) groups excluding carboxylic acids is 1. The number of nitrogens with one attached hydrogen (secondary N) is 2. The Morgan fingerprint density at radius 3 is 2.22 bits per heavy atom. The molecule has 3 aromatic rings. The lowest BCUT2D eigenvalue weighted by Crippen LogP contribution is -2.26. The summed E-state index contributed by atoms with van der Waals surface area (Å²) >= 11 is 0. The summed E-state index contributed by atoms with van der Waals surface area (Å²) in [5.74, 6) is 2.34. The monoisotopic (exact) mass is 484 g/mol. The van der Waals surface area contributed by atoms with Crippen molar-refractivity contribution in [2.24, 2.45) is 0 Å². The first-order valence-corrected chi connectivity index (χ1v) is 12.3. The topological polar surface area (TPSA) is 68.8 Å². The van der Waals surface area contributed by atoms with Crippen molar-refractivity contribution < 1.29 is 19.0 Å². The number of para-hydroxylation sites is 2. The van der Waals surface area contributed by atoms with E-state index in [9.17, 15) is 4.79 Å². The molecule has 186 valence electrons. The molecular weight excluding hydrogens is 452 g/mol. The van der Waals surface area contributed by atoms with E-state index in [2.05, 4.69) is 10.6 Å². The summed E-state index contributed by atoms with van der Waals surface area (Å²) in [6, 6.07) is 21.8. The first-order valence-electron chi connectivity index (χ1n) is 12.3. The van der Waals surface area contributed by atoms with Crippen molar-refractivity contribution in [3.05, 3.63) is 89.1 Å². The SMILES string of the molecule is COc1ccc(C2CC(=O)C3=C(C2)Nc2ccccc2NC3c2ccc(OC(C)C)cc2)cc1OC. The molecule has 6 heteroatoms. The van der Waals surface area contributed by atoms with Gasteiger partial charge in [0.25, 0.3) is 0 Å². The lowest BCUT2D eigenvalue weighted by atomic mass is 9.78. The maximum atomic E-state index is 13.8. The van der Waals surface area contributed by atoms with Crippen LogP contribution in [0.3, 0.4) is 0 Å². The summed E-state index contributed by atoms with van der Waals surface area (Å²) in [5.41, 5.74) is 5.76. The molecule has 0 aromatic heterocycles. The van der Waals surface area contributed by atoms with E-state index in [0.29, 0.717) is 17.9 Å². The van der Waals surface area contributed by atoms with Gasteiger partial charge in [0.15, 0.2) is 17.3 Å². The average Bonchev–Trinajstić information content (AvgIpc) is 3.05. The second-order valence-corrected chi connectivity index (χ2v) is 9.52. The molecule has 0 spiro atoms. The van der Waals surface area contributed by atoms with Gasteiger partial charge in [0, 0.05) is 17.7 Å². The van der Waals surface area contributed by atoms with Gasteiger partial charge in [-0.05, 0) is 73.7 Å². The third-order valence-electron chi connectivity index (χ3n) is 6.77.